The first kappa shape index (κ1) is 15.0. The van der Waals surface area contributed by atoms with Crippen LogP contribution in [0.2, 0.25) is 0 Å². The zero-order valence-electron chi connectivity index (χ0n) is 12.7. The second kappa shape index (κ2) is 6.86. The van der Waals surface area contributed by atoms with Gasteiger partial charge in [-0.1, -0.05) is 30.3 Å². The third-order valence-corrected chi connectivity index (χ3v) is 4.30. The van der Waals surface area contributed by atoms with Gasteiger partial charge in [0.1, 0.15) is 0 Å². The number of benzene rings is 1. The van der Waals surface area contributed by atoms with Crippen LogP contribution in [0.4, 0.5) is 0 Å². The minimum Gasteiger partial charge on any atom is -0.338 e. The average Bonchev–Trinajstić information content (AvgIpc) is 2.94. The highest BCUT2D eigenvalue weighted by molar-refractivity contribution is 5.78. The van der Waals surface area contributed by atoms with Crippen molar-refractivity contribution in [2.45, 2.75) is 25.4 Å². The number of carbonyl (C=O) groups is 1. The number of likely N-dealkylation sites (tertiary alicyclic amines) is 1. The van der Waals surface area contributed by atoms with Crippen molar-refractivity contribution in [1.82, 2.24) is 15.1 Å². The largest absolute Gasteiger partial charge is 0.338 e. The molecule has 0 spiro atoms. The molecule has 1 saturated heterocycles. The van der Waals surface area contributed by atoms with E-state index in [1.807, 2.05) is 37.2 Å². The zero-order chi connectivity index (χ0) is 14.5. The lowest BCUT2D eigenvalue weighted by Gasteiger charge is -2.27. The van der Waals surface area contributed by atoms with Gasteiger partial charge in [0, 0.05) is 26.2 Å². The van der Waals surface area contributed by atoms with E-state index in [0.29, 0.717) is 12.6 Å². The molecule has 0 aliphatic carbocycles. The highest BCUT2D eigenvalue weighted by atomic mass is 16.2. The molecule has 0 radical (unpaired) electrons. The lowest BCUT2D eigenvalue weighted by molar-refractivity contribution is -0.132. The van der Waals surface area contributed by atoms with Gasteiger partial charge >= 0.3 is 0 Å². The number of carbonyl (C=O) groups excluding carboxylic acids is 1. The van der Waals surface area contributed by atoms with E-state index < -0.39 is 0 Å². The fourth-order valence-electron chi connectivity index (χ4n) is 2.69. The molecule has 1 aliphatic heterocycles. The number of nitrogens with one attached hydrogen (secondary N) is 1. The van der Waals surface area contributed by atoms with E-state index >= 15 is 0 Å². The number of hydrogen-bond donors (Lipinski definition) is 1. The average molecular weight is 275 g/mol. The molecule has 2 rings (SSSR count). The van der Waals surface area contributed by atoms with Crippen LogP contribution in [0.15, 0.2) is 30.3 Å². The standard InChI is InChI=1S/C16H25N3O/c1-13(14-7-5-4-6-8-14)18(3)16(20)12-19-10-9-15(11-19)17-2/h4-8,13,15,17H,9-12H2,1-3H3. The minimum absolute atomic E-state index is 0.117. The summed E-state index contributed by atoms with van der Waals surface area (Å²) in [5.74, 6) is 0.193. The highest BCUT2D eigenvalue weighted by Gasteiger charge is 2.25. The van der Waals surface area contributed by atoms with Crippen molar-refractivity contribution >= 4 is 5.91 Å². The summed E-state index contributed by atoms with van der Waals surface area (Å²) < 4.78 is 0. The molecule has 1 amide bonds. The molecule has 0 saturated carbocycles. The Kier molecular flexibility index (Phi) is 5.15. The molecule has 0 aromatic heterocycles. The van der Waals surface area contributed by atoms with E-state index in [4.69, 9.17) is 0 Å². The van der Waals surface area contributed by atoms with Crippen molar-refractivity contribution in [2.24, 2.45) is 0 Å². The van der Waals surface area contributed by atoms with Crippen LogP contribution < -0.4 is 5.32 Å². The fraction of sp³-hybridized carbons (Fsp3) is 0.562. The summed E-state index contributed by atoms with van der Waals surface area (Å²) in [6.45, 7) is 4.57. The Bertz CT molecular complexity index is 435. The van der Waals surface area contributed by atoms with Crippen molar-refractivity contribution in [3.63, 3.8) is 0 Å². The second-order valence-electron chi connectivity index (χ2n) is 5.60. The van der Waals surface area contributed by atoms with Gasteiger partial charge in [-0.25, -0.2) is 0 Å². The third-order valence-electron chi connectivity index (χ3n) is 4.30. The van der Waals surface area contributed by atoms with Gasteiger partial charge in [-0.2, -0.15) is 0 Å². The molecule has 4 nitrogen and oxygen atoms in total. The van der Waals surface area contributed by atoms with E-state index in [1.54, 1.807) is 0 Å². The first-order chi connectivity index (χ1) is 9.61. The summed E-state index contributed by atoms with van der Waals surface area (Å²) in [5, 5.41) is 3.28. The molecule has 0 bridgehead atoms. The molecule has 2 atom stereocenters. The van der Waals surface area contributed by atoms with E-state index in [2.05, 4.69) is 29.3 Å². The van der Waals surface area contributed by atoms with Crippen molar-refractivity contribution in [1.29, 1.82) is 0 Å². The molecule has 1 aliphatic rings. The van der Waals surface area contributed by atoms with Crippen molar-refractivity contribution < 1.29 is 4.79 Å². The molecular formula is C16H25N3O. The number of amides is 1. The van der Waals surface area contributed by atoms with Crippen LogP contribution in [0.3, 0.4) is 0 Å². The van der Waals surface area contributed by atoms with Crippen molar-refractivity contribution in [3.8, 4) is 0 Å². The SMILES string of the molecule is CNC1CCN(CC(=O)N(C)C(C)c2ccccc2)C1. The lowest BCUT2D eigenvalue weighted by Crippen LogP contribution is -2.39. The smallest absolute Gasteiger partial charge is 0.236 e. The van der Waals surface area contributed by atoms with Gasteiger partial charge in [0.15, 0.2) is 0 Å². The Morgan fingerprint density at radius 2 is 2.15 bits per heavy atom. The second-order valence-corrected chi connectivity index (χ2v) is 5.60. The van der Waals surface area contributed by atoms with Crippen LogP contribution in [0.25, 0.3) is 0 Å². The van der Waals surface area contributed by atoms with E-state index in [9.17, 15) is 4.79 Å². The number of likely N-dealkylation sites (N-methyl/N-ethyl adjacent to an activating group) is 2. The molecule has 110 valence electrons. The zero-order valence-corrected chi connectivity index (χ0v) is 12.7. The maximum absolute atomic E-state index is 12.4. The first-order valence-corrected chi connectivity index (χ1v) is 7.32. The van der Waals surface area contributed by atoms with Gasteiger partial charge in [0.05, 0.1) is 12.6 Å². The third kappa shape index (κ3) is 3.58. The fourth-order valence-corrected chi connectivity index (χ4v) is 2.69. The van der Waals surface area contributed by atoms with E-state index in [0.717, 1.165) is 19.5 Å². The molecule has 4 heteroatoms. The van der Waals surface area contributed by atoms with Gasteiger partial charge in [-0.05, 0) is 26.0 Å². The molecule has 1 heterocycles. The van der Waals surface area contributed by atoms with E-state index in [1.165, 1.54) is 5.56 Å². The van der Waals surface area contributed by atoms with Gasteiger partial charge in [0.2, 0.25) is 5.91 Å². The predicted octanol–water partition coefficient (Wildman–Crippen LogP) is 1.50. The lowest BCUT2D eigenvalue weighted by atomic mass is 10.1. The summed E-state index contributed by atoms with van der Waals surface area (Å²) in [6, 6.07) is 10.8. The normalized spacial score (nSPS) is 20.9. The minimum atomic E-state index is 0.117. The van der Waals surface area contributed by atoms with Crippen LogP contribution in [0.5, 0.6) is 0 Å². The Morgan fingerprint density at radius 3 is 2.75 bits per heavy atom. The maximum atomic E-state index is 12.4. The van der Waals surface area contributed by atoms with Crippen LogP contribution in [-0.2, 0) is 4.79 Å². The summed E-state index contributed by atoms with van der Waals surface area (Å²) in [7, 11) is 3.88. The van der Waals surface area contributed by atoms with Crippen molar-refractivity contribution in [3.05, 3.63) is 35.9 Å². The quantitative estimate of drug-likeness (QED) is 0.884. The van der Waals surface area contributed by atoms with Crippen LogP contribution in [0.1, 0.15) is 24.9 Å². The molecule has 1 N–H and O–H groups in total. The summed E-state index contributed by atoms with van der Waals surface area (Å²) in [6.07, 6.45) is 1.13. The Morgan fingerprint density at radius 1 is 1.45 bits per heavy atom. The molecule has 1 aromatic rings. The molecule has 1 fully saturated rings. The highest BCUT2D eigenvalue weighted by Crippen LogP contribution is 2.19. The molecular weight excluding hydrogens is 250 g/mol. The topological polar surface area (TPSA) is 35.6 Å². The molecule has 2 unspecified atom stereocenters. The maximum Gasteiger partial charge on any atom is 0.236 e. The monoisotopic (exact) mass is 275 g/mol. The van der Waals surface area contributed by atoms with Gasteiger partial charge < -0.3 is 10.2 Å². The Labute approximate surface area is 121 Å². The van der Waals surface area contributed by atoms with Gasteiger partial charge in [-0.15, -0.1) is 0 Å². The Balaban J connectivity index is 1.89. The number of hydrogen-bond acceptors (Lipinski definition) is 3. The van der Waals surface area contributed by atoms with Crippen LogP contribution in [0, 0.1) is 0 Å². The van der Waals surface area contributed by atoms with Gasteiger partial charge in [-0.3, -0.25) is 9.69 Å². The number of rotatable bonds is 5. The first-order valence-electron chi connectivity index (χ1n) is 7.32. The molecule has 1 aromatic carbocycles. The predicted molar refractivity (Wildman–Crippen MR) is 81.5 cm³/mol. The van der Waals surface area contributed by atoms with Crippen molar-refractivity contribution in [2.75, 3.05) is 33.7 Å². The summed E-state index contributed by atoms with van der Waals surface area (Å²) >= 11 is 0. The number of nitrogens with zero attached hydrogens (tertiary/aromatic N) is 2. The van der Waals surface area contributed by atoms with Crippen LogP contribution >= 0.6 is 0 Å². The van der Waals surface area contributed by atoms with Crippen LogP contribution in [-0.4, -0.2) is 55.5 Å². The van der Waals surface area contributed by atoms with E-state index in [-0.39, 0.29) is 11.9 Å². The van der Waals surface area contributed by atoms with Gasteiger partial charge in [0.25, 0.3) is 0 Å². The summed E-state index contributed by atoms with van der Waals surface area (Å²) in [4.78, 5) is 16.5. The molecule has 20 heavy (non-hydrogen) atoms. The Hall–Kier alpha value is -1.39. The summed E-state index contributed by atoms with van der Waals surface area (Å²) in [5.41, 5.74) is 1.18.